The van der Waals surface area contributed by atoms with Crippen molar-refractivity contribution in [2.75, 3.05) is 0 Å². The van der Waals surface area contributed by atoms with E-state index in [-0.39, 0.29) is 0 Å². The molecule has 1 heterocycles. The first-order chi connectivity index (χ1) is 5.38. The van der Waals surface area contributed by atoms with Crippen LogP contribution in [0.4, 0.5) is 0 Å². The van der Waals surface area contributed by atoms with E-state index < -0.39 is 0 Å². The van der Waals surface area contributed by atoms with Gasteiger partial charge in [-0.2, -0.15) is 0 Å². The van der Waals surface area contributed by atoms with Gasteiger partial charge in [-0.05, 0) is 6.42 Å². The molecule has 1 aromatic heterocycles. The van der Waals surface area contributed by atoms with Crippen LogP contribution < -0.4 is 0 Å². The first-order valence-electron chi connectivity index (χ1n) is 4.25. The highest BCUT2D eigenvalue weighted by atomic mass is 15.3. The summed E-state index contributed by atoms with van der Waals surface area (Å²) >= 11 is 0. The normalized spacial score (nSPS) is 10.4. The van der Waals surface area contributed by atoms with E-state index in [4.69, 9.17) is 0 Å². The average molecular weight is 153 g/mol. The van der Waals surface area contributed by atoms with E-state index in [2.05, 4.69) is 28.6 Å². The van der Waals surface area contributed by atoms with Crippen molar-refractivity contribution in [1.29, 1.82) is 0 Å². The fourth-order valence-corrected chi connectivity index (χ4v) is 1.07. The van der Waals surface area contributed by atoms with Crippen LogP contribution in [0.1, 0.15) is 32.5 Å². The summed E-state index contributed by atoms with van der Waals surface area (Å²) in [5, 5.41) is 7.86. The van der Waals surface area contributed by atoms with Gasteiger partial charge in [0.25, 0.3) is 0 Å². The molecule has 0 N–H and O–H groups in total. The summed E-state index contributed by atoms with van der Waals surface area (Å²) in [7, 11) is 0. The van der Waals surface area contributed by atoms with Gasteiger partial charge in [0.1, 0.15) is 12.2 Å². The predicted molar refractivity (Wildman–Crippen MR) is 44.3 cm³/mol. The lowest BCUT2D eigenvalue weighted by molar-refractivity contribution is 0.605. The van der Waals surface area contributed by atoms with Crippen molar-refractivity contribution in [2.45, 2.75) is 39.7 Å². The lowest BCUT2D eigenvalue weighted by atomic mass is 10.3. The highest BCUT2D eigenvalue weighted by molar-refractivity contribution is 4.83. The van der Waals surface area contributed by atoms with Crippen LogP contribution in [0, 0.1) is 0 Å². The molecule has 0 aliphatic heterocycles. The Morgan fingerprint density at radius 1 is 1.45 bits per heavy atom. The van der Waals surface area contributed by atoms with E-state index in [0.717, 1.165) is 18.8 Å². The van der Waals surface area contributed by atoms with Gasteiger partial charge in [-0.15, -0.1) is 10.2 Å². The molecule has 0 spiro atoms. The Balaban J connectivity index is 2.54. The number of hydrogen-bond acceptors (Lipinski definition) is 2. The number of nitrogens with zero attached hydrogens (tertiary/aromatic N) is 3. The molecule has 0 bridgehead atoms. The fourth-order valence-electron chi connectivity index (χ4n) is 1.07. The molecule has 0 radical (unpaired) electrons. The molecule has 11 heavy (non-hydrogen) atoms. The van der Waals surface area contributed by atoms with Gasteiger partial charge in [-0.3, -0.25) is 0 Å². The smallest absolute Gasteiger partial charge is 0.132 e. The minimum atomic E-state index is 0.976. The summed E-state index contributed by atoms with van der Waals surface area (Å²) in [6.45, 7) is 5.36. The van der Waals surface area contributed by atoms with Crippen LogP contribution in [-0.2, 0) is 13.0 Å². The molecule has 0 unspecified atom stereocenters. The van der Waals surface area contributed by atoms with Crippen molar-refractivity contribution >= 4 is 0 Å². The third kappa shape index (κ3) is 2.03. The molecule has 62 valence electrons. The van der Waals surface area contributed by atoms with Crippen LogP contribution in [-0.4, -0.2) is 14.8 Å². The van der Waals surface area contributed by atoms with Gasteiger partial charge in [-0.1, -0.05) is 20.3 Å². The predicted octanol–water partition coefficient (Wildman–Crippen LogP) is 1.64. The van der Waals surface area contributed by atoms with Crippen molar-refractivity contribution in [2.24, 2.45) is 0 Å². The van der Waals surface area contributed by atoms with Gasteiger partial charge in [0, 0.05) is 13.0 Å². The van der Waals surface area contributed by atoms with Crippen molar-refractivity contribution in [3.63, 3.8) is 0 Å². The summed E-state index contributed by atoms with van der Waals surface area (Å²) in [4.78, 5) is 0. The van der Waals surface area contributed by atoms with E-state index >= 15 is 0 Å². The van der Waals surface area contributed by atoms with Crippen molar-refractivity contribution in [3.05, 3.63) is 12.2 Å². The molecule has 1 rings (SSSR count). The molecule has 0 aromatic carbocycles. The number of rotatable bonds is 4. The minimum absolute atomic E-state index is 0.976. The largest absolute Gasteiger partial charge is 0.318 e. The maximum atomic E-state index is 4.00. The molecule has 0 aliphatic rings. The lowest BCUT2D eigenvalue weighted by Gasteiger charge is -2.01. The highest BCUT2D eigenvalue weighted by Crippen LogP contribution is 1.99. The summed E-state index contributed by atoms with van der Waals surface area (Å²) in [6.07, 6.45) is 5.23. The Hall–Kier alpha value is -0.860. The molecule has 0 atom stereocenters. The Labute approximate surface area is 67.4 Å². The average Bonchev–Trinajstić information content (AvgIpc) is 2.47. The Morgan fingerprint density at radius 3 is 2.91 bits per heavy atom. The van der Waals surface area contributed by atoms with E-state index in [9.17, 15) is 0 Å². The van der Waals surface area contributed by atoms with Gasteiger partial charge in [0.05, 0.1) is 0 Å². The first-order valence-corrected chi connectivity index (χ1v) is 4.25. The quantitative estimate of drug-likeness (QED) is 0.658. The number of aryl methyl sites for hydroxylation is 2. The Kier molecular flexibility index (Phi) is 3.08. The zero-order valence-corrected chi connectivity index (χ0v) is 7.25. The number of hydrogen-bond donors (Lipinski definition) is 0. The highest BCUT2D eigenvalue weighted by Gasteiger charge is 1.98. The summed E-state index contributed by atoms with van der Waals surface area (Å²) in [6, 6.07) is 0. The van der Waals surface area contributed by atoms with E-state index in [1.807, 2.05) is 6.33 Å². The van der Waals surface area contributed by atoms with E-state index in [1.165, 1.54) is 12.8 Å². The maximum Gasteiger partial charge on any atom is 0.132 e. The monoisotopic (exact) mass is 153 g/mol. The lowest BCUT2D eigenvalue weighted by Crippen LogP contribution is -2.01. The summed E-state index contributed by atoms with van der Waals surface area (Å²) in [5.74, 6) is 1.10. The second kappa shape index (κ2) is 4.11. The Morgan fingerprint density at radius 2 is 2.27 bits per heavy atom. The molecule has 3 nitrogen and oxygen atoms in total. The van der Waals surface area contributed by atoms with Crippen molar-refractivity contribution < 1.29 is 0 Å². The fraction of sp³-hybridized carbons (Fsp3) is 0.750. The minimum Gasteiger partial charge on any atom is -0.318 e. The van der Waals surface area contributed by atoms with E-state index in [0.29, 0.717) is 0 Å². The zero-order chi connectivity index (χ0) is 8.10. The molecular weight excluding hydrogens is 138 g/mol. The van der Waals surface area contributed by atoms with Crippen molar-refractivity contribution in [3.8, 4) is 0 Å². The third-order valence-electron chi connectivity index (χ3n) is 1.76. The second-order valence-electron chi connectivity index (χ2n) is 2.65. The maximum absolute atomic E-state index is 4.00. The molecule has 0 aliphatic carbocycles. The van der Waals surface area contributed by atoms with E-state index in [1.54, 1.807) is 0 Å². The molecule has 0 saturated carbocycles. The van der Waals surface area contributed by atoms with Gasteiger partial charge in [-0.25, -0.2) is 0 Å². The SMILES string of the molecule is CCCCn1cnnc1CC. The topological polar surface area (TPSA) is 30.7 Å². The van der Waals surface area contributed by atoms with Crippen LogP contribution >= 0.6 is 0 Å². The second-order valence-corrected chi connectivity index (χ2v) is 2.65. The van der Waals surface area contributed by atoms with Crippen LogP contribution in [0.3, 0.4) is 0 Å². The van der Waals surface area contributed by atoms with Crippen LogP contribution in [0.15, 0.2) is 6.33 Å². The van der Waals surface area contributed by atoms with Crippen LogP contribution in [0.5, 0.6) is 0 Å². The van der Waals surface area contributed by atoms with Gasteiger partial charge >= 0.3 is 0 Å². The molecule has 0 saturated heterocycles. The molecule has 3 heteroatoms. The molecule has 1 aromatic rings. The molecule has 0 fully saturated rings. The third-order valence-corrected chi connectivity index (χ3v) is 1.76. The molecular formula is C8H15N3. The molecule has 0 amide bonds. The van der Waals surface area contributed by atoms with Gasteiger partial charge in [0.2, 0.25) is 0 Å². The summed E-state index contributed by atoms with van der Waals surface area (Å²) < 4.78 is 2.13. The van der Waals surface area contributed by atoms with Gasteiger partial charge in [0.15, 0.2) is 0 Å². The van der Waals surface area contributed by atoms with Crippen LogP contribution in [0.25, 0.3) is 0 Å². The zero-order valence-electron chi connectivity index (χ0n) is 7.25. The number of unbranched alkanes of at least 4 members (excludes halogenated alkanes) is 1. The van der Waals surface area contributed by atoms with Crippen LogP contribution in [0.2, 0.25) is 0 Å². The first kappa shape index (κ1) is 8.24. The van der Waals surface area contributed by atoms with Gasteiger partial charge < -0.3 is 4.57 Å². The Bertz CT molecular complexity index is 205. The summed E-state index contributed by atoms with van der Waals surface area (Å²) in [5.41, 5.74) is 0. The van der Waals surface area contributed by atoms with Crippen molar-refractivity contribution in [1.82, 2.24) is 14.8 Å². The standard InChI is InChI=1S/C8H15N3/c1-3-5-6-11-7-9-10-8(11)4-2/h7H,3-6H2,1-2H3. The number of aromatic nitrogens is 3.